The number of hydrogen-bond donors (Lipinski definition) is 3. The summed E-state index contributed by atoms with van der Waals surface area (Å²) in [6, 6.07) is 16.2. The number of alkyl carbamates (subject to hydrolysis) is 1. The maximum absolute atomic E-state index is 12.5. The van der Waals surface area contributed by atoms with Crippen molar-refractivity contribution in [3.05, 3.63) is 59.7 Å². The van der Waals surface area contributed by atoms with Crippen LogP contribution in [0.2, 0.25) is 0 Å². The van der Waals surface area contributed by atoms with Gasteiger partial charge in [0.05, 0.1) is 5.54 Å². The van der Waals surface area contributed by atoms with Gasteiger partial charge in [-0.3, -0.25) is 9.59 Å². The fourth-order valence-electron chi connectivity index (χ4n) is 4.34. The molecule has 4 rings (SSSR count). The normalized spacial score (nSPS) is 16.0. The van der Waals surface area contributed by atoms with Gasteiger partial charge in [0.15, 0.2) is 0 Å². The molecule has 2 aromatic rings. The molecule has 0 aliphatic heterocycles. The maximum Gasteiger partial charge on any atom is 0.407 e. The monoisotopic (exact) mass is 408 g/mol. The van der Waals surface area contributed by atoms with Crippen molar-refractivity contribution in [3.63, 3.8) is 0 Å². The molecule has 7 heteroatoms. The Morgan fingerprint density at radius 1 is 1.00 bits per heavy atom. The molecule has 2 aliphatic rings. The van der Waals surface area contributed by atoms with E-state index in [2.05, 4.69) is 34.9 Å². The highest BCUT2D eigenvalue weighted by molar-refractivity contribution is 5.83. The van der Waals surface area contributed by atoms with E-state index in [1.165, 1.54) is 0 Å². The molecule has 1 saturated carbocycles. The number of amides is 2. The summed E-state index contributed by atoms with van der Waals surface area (Å²) in [4.78, 5) is 35.1. The quantitative estimate of drug-likeness (QED) is 0.653. The van der Waals surface area contributed by atoms with Crippen molar-refractivity contribution < 1.29 is 24.2 Å². The standard InChI is InChI=1S/C23H24N2O5/c26-20(24-13-21(27)28)12-23(10-5-11-23)25-22(29)30-14-19-17-8-3-1-6-15(17)16-7-2-4-9-18(16)19/h1-4,6-9,19H,5,10-14H2,(H,24,26)(H,25,29)(H,27,28). The van der Waals surface area contributed by atoms with Gasteiger partial charge in [-0.15, -0.1) is 0 Å². The Labute approximate surface area is 174 Å². The minimum atomic E-state index is -1.10. The third-order valence-corrected chi connectivity index (χ3v) is 5.96. The molecule has 0 atom stereocenters. The predicted octanol–water partition coefficient (Wildman–Crippen LogP) is 3.04. The second-order valence-electron chi connectivity index (χ2n) is 7.93. The second kappa shape index (κ2) is 8.18. The SMILES string of the molecule is O=C(O)CNC(=O)CC1(NC(=O)OCC2c3ccccc3-c3ccccc32)CCC1. The van der Waals surface area contributed by atoms with Gasteiger partial charge in [-0.2, -0.15) is 0 Å². The summed E-state index contributed by atoms with van der Waals surface area (Å²) in [5.41, 5.74) is 3.93. The van der Waals surface area contributed by atoms with Gasteiger partial charge >= 0.3 is 12.1 Å². The number of nitrogens with one attached hydrogen (secondary N) is 2. The van der Waals surface area contributed by atoms with Crippen LogP contribution in [0.25, 0.3) is 11.1 Å². The number of carbonyl (C=O) groups excluding carboxylic acids is 2. The van der Waals surface area contributed by atoms with Crippen LogP contribution in [0.5, 0.6) is 0 Å². The van der Waals surface area contributed by atoms with Crippen LogP contribution in [-0.4, -0.2) is 41.8 Å². The van der Waals surface area contributed by atoms with Crippen LogP contribution >= 0.6 is 0 Å². The van der Waals surface area contributed by atoms with Crippen LogP contribution < -0.4 is 10.6 Å². The van der Waals surface area contributed by atoms with Gasteiger partial charge in [0.25, 0.3) is 0 Å². The van der Waals surface area contributed by atoms with E-state index in [0.717, 1.165) is 28.7 Å². The van der Waals surface area contributed by atoms with Crippen molar-refractivity contribution in [2.24, 2.45) is 0 Å². The minimum Gasteiger partial charge on any atom is -0.480 e. The van der Waals surface area contributed by atoms with E-state index in [1.807, 2.05) is 24.3 Å². The average molecular weight is 408 g/mol. The Balaban J connectivity index is 1.38. The van der Waals surface area contributed by atoms with E-state index in [9.17, 15) is 14.4 Å². The smallest absolute Gasteiger partial charge is 0.407 e. The molecule has 2 aromatic carbocycles. The number of carboxylic acid groups (broad SMARTS) is 1. The first kappa shape index (κ1) is 19.9. The van der Waals surface area contributed by atoms with E-state index < -0.39 is 30.1 Å². The molecule has 0 heterocycles. The lowest BCUT2D eigenvalue weighted by Gasteiger charge is -2.41. The molecule has 2 aliphatic carbocycles. The number of carbonyl (C=O) groups is 3. The summed E-state index contributed by atoms with van der Waals surface area (Å²) >= 11 is 0. The molecule has 7 nitrogen and oxygen atoms in total. The summed E-state index contributed by atoms with van der Waals surface area (Å²) in [7, 11) is 0. The van der Waals surface area contributed by atoms with Gasteiger partial charge in [-0.1, -0.05) is 48.5 Å². The third-order valence-electron chi connectivity index (χ3n) is 5.96. The van der Waals surface area contributed by atoms with E-state index in [4.69, 9.17) is 9.84 Å². The van der Waals surface area contributed by atoms with Crippen molar-refractivity contribution in [2.45, 2.75) is 37.1 Å². The number of aliphatic carboxylic acids is 1. The molecular formula is C23H24N2O5. The van der Waals surface area contributed by atoms with Crippen LogP contribution in [0, 0.1) is 0 Å². The average Bonchev–Trinajstić information content (AvgIpc) is 3.03. The van der Waals surface area contributed by atoms with Gasteiger partial charge in [0.1, 0.15) is 13.2 Å². The number of carboxylic acids is 1. The fourth-order valence-corrected chi connectivity index (χ4v) is 4.34. The molecule has 0 spiro atoms. The highest BCUT2D eigenvalue weighted by Crippen LogP contribution is 2.44. The van der Waals surface area contributed by atoms with Gasteiger partial charge in [0.2, 0.25) is 5.91 Å². The number of ether oxygens (including phenoxy) is 1. The Morgan fingerprint density at radius 2 is 1.60 bits per heavy atom. The molecule has 1 fully saturated rings. The van der Waals surface area contributed by atoms with Gasteiger partial charge in [-0.05, 0) is 41.5 Å². The number of fused-ring (bicyclic) bond motifs is 3. The van der Waals surface area contributed by atoms with E-state index in [-0.39, 0.29) is 18.9 Å². The third kappa shape index (κ3) is 4.01. The number of benzene rings is 2. The zero-order valence-electron chi connectivity index (χ0n) is 16.5. The van der Waals surface area contributed by atoms with Gasteiger partial charge in [-0.25, -0.2) is 4.79 Å². The van der Waals surface area contributed by atoms with Crippen molar-refractivity contribution >= 4 is 18.0 Å². The largest absolute Gasteiger partial charge is 0.480 e. The first-order valence-corrected chi connectivity index (χ1v) is 10.1. The van der Waals surface area contributed by atoms with Gasteiger partial charge in [0, 0.05) is 12.3 Å². The van der Waals surface area contributed by atoms with E-state index >= 15 is 0 Å². The summed E-state index contributed by atoms with van der Waals surface area (Å²) in [6.07, 6.45) is 1.72. The molecule has 3 N–H and O–H groups in total. The van der Waals surface area contributed by atoms with Crippen LogP contribution in [0.15, 0.2) is 48.5 Å². The van der Waals surface area contributed by atoms with Crippen molar-refractivity contribution in [1.29, 1.82) is 0 Å². The molecule has 0 unspecified atom stereocenters. The molecule has 2 amide bonds. The molecule has 0 saturated heterocycles. The van der Waals surface area contributed by atoms with Crippen molar-refractivity contribution in [3.8, 4) is 11.1 Å². The van der Waals surface area contributed by atoms with Crippen LogP contribution in [0.1, 0.15) is 42.7 Å². The van der Waals surface area contributed by atoms with Crippen LogP contribution in [-0.2, 0) is 14.3 Å². The highest BCUT2D eigenvalue weighted by Gasteiger charge is 2.41. The number of rotatable bonds is 7. The summed E-state index contributed by atoms with van der Waals surface area (Å²) in [5.74, 6) is -1.52. The van der Waals surface area contributed by atoms with Crippen LogP contribution in [0.3, 0.4) is 0 Å². The Kier molecular flexibility index (Phi) is 5.44. The van der Waals surface area contributed by atoms with E-state index in [1.54, 1.807) is 0 Å². The first-order chi connectivity index (χ1) is 14.5. The predicted molar refractivity (Wildman–Crippen MR) is 110 cm³/mol. The Morgan fingerprint density at radius 3 is 2.13 bits per heavy atom. The van der Waals surface area contributed by atoms with Crippen molar-refractivity contribution in [2.75, 3.05) is 13.2 Å². The topological polar surface area (TPSA) is 105 Å². The maximum atomic E-state index is 12.5. The summed E-state index contributed by atoms with van der Waals surface area (Å²) < 4.78 is 5.57. The Hall–Kier alpha value is -3.35. The summed E-state index contributed by atoms with van der Waals surface area (Å²) in [5, 5.41) is 13.9. The fraction of sp³-hybridized carbons (Fsp3) is 0.348. The molecule has 30 heavy (non-hydrogen) atoms. The zero-order valence-corrected chi connectivity index (χ0v) is 16.5. The van der Waals surface area contributed by atoms with Gasteiger partial charge < -0.3 is 20.5 Å². The molecule has 0 aromatic heterocycles. The van der Waals surface area contributed by atoms with E-state index in [0.29, 0.717) is 12.8 Å². The summed E-state index contributed by atoms with van der Waals surface area (Å²) in [6.45, 7) is -0.221. The minimum absolute atomic E-state index is 0.0284. The molecule has 0 radical (unpaired) electrons. The molecular weight excluding hydrogens is 384 g/mol. The zero-order chi connectivity index (χ0) is 21.1. The lowest BCUT2D eigenvalue weighted by Crippen LogP contribution is -2.56. The van der Waals surface area contributed by atoms with Crippen LogP contribution in [0.4, 0.5) is 4.79 Å². The number of hydrogen-bond acceptors (Lipinski definition) is 4. The Bertz CT molecular complexity index is 938. The van der Waals surface area contributed by atoms with Crippen molar-refractivity contribution in [1.82, 2.24) is 10.6 Å². The lowest BCUT2D eigenvalue weighted by atomic mass is 9.74. The lowest BCUT2D eigenvalue weighted by molar-refractivity contribution is -0.138. The highest BCUT2D eigenvalue weighted by atomic mass is 16.5. The molecule has 156 valence electrons. The second-order valence-corrected chi connectivity index (χ2v) is 7.93. The first-order valence-electron chi connectivity index (χ1n) is 10.1. The molecule has 0 bridgehead atoms.